The first-order valence-electron chi connectivity index (χ1n) is 14.2. The van der Waals surface area contributed by atoms with Gasteiger partial charge in [-0.05, 0) is 72.9 Å². The van der Waals surface area contributed by atoms with E-state index in [1.165, 1.54) is 18.2 Å². The van der Waals surface area contributed by atoms with Crippen molar-refractivity contribution in [3.05, 3.63) is 82.9 Å². The number of amides is 1. The lowest BCUT2D eigenvalue weighted by atomic mass is 9.96. The molecule has 0 aliphatic heterocycles. The second kappa shape index (κ2) is 15.1. The van der Waals surface area contributed by atoms with Crippen molar-refractivity contribution < 1.29 is 42.1 Å². The number of ether oxygens (including phenoxy) is 4. The summed E-state index contributed by atoms with van der Waals surface area (Å²) in [5, 5.41) is 10.8. The fourth-order valence-corrected chi connectivity index (χ4v) is 5.32. The Hall–Kier alpha value is -4.09. The van der Waals surface area contributed by atoms with Gasteiger partial charge in [-0.2, -0.15) is 0 Å². The SMILES string of the molecule is COc1ccc(CC[C@@H](O)c2cccc(OCCCOC(=O)c3cc(S(=O)(=O)NC(=O)C(C)(C)C)ccc3C)c2)cc1OC. The van der Waals surface area contributed by atoms with Crippen molar-refractivity contribution in [2.24, 2.45) is 5.41 Å². The maximum atomic E-state index is 12.7. The van der Waals surface area contributed by atoms with Gasteiger partial charge < -0.3 is 24.1 Å². The number of hydrogen-bond acceptors (Lipinski definition) is 9. The third-order valence-electron chi connectivity index (χ3n) is 6.84. The lowest BCUT2D eigenvalue weighted by molar-refractivity contribution is -0.126. The van der Waals surface area contributed by atoms with E-state index in [1.54, 1.807) is 60.1 Å². The summed E-state index contributed by atoms with van der Waals surface area (Å²) in [6, 6.07) is 16.9. The van der Waals surface area contributed by atoms with Crippen molar-refractivity contribution in [2.45, 2.75) is 58.0 Å². The Balaban J connectivity index is 1.50. The van der Waals surface area contributed by atoms with Crippen LogP contribution in [0.1, 0.15) is 66.8 Å². The highest BCUT2D eigenvalue weighted by molar-refractivity contribution is 7.90. The van der Waals surface area contributed by atoms with Gasteiger partial charge in [-0.15, -0.1) is 0 Å². The van der Waals surface area contributed by atoms with Gasteiger partial charge in [-0.1, -0.05) is 45.0 Å². The zero-order valence-electron chi connectivity index (χ0n) is 26.0. The molecule has 2 N–H and O–H groups in total. The monoisotopic (exact) mass is 627 g/mol. The molecule has 3 rings (SSSR count). The number of nitrogens with one attached hydrogen (secondary N) is 1. The number of aliphatic hydroxyl groups is 1. The second-order valence-corrected chi connectivity index (χ2v) is 13.0. The lowest BCUT2D eigenvalue weighted by Crippen LogP contribution is -2.38. The van der Waals surface area contributed by atoms with Gasteiger partial charge in [0.15, 0.2) is 11.5 Å². The zero-order valence-corrected chi connectivity index (χ0v) is 26.8. The van der Waals surface area contributed by atoms with Gasteiger partial charge in [-0.25, -0.2) is 17.9 Å². The van der Waals surface area contributed by atoms with Crippen LogP contribution in [0.2, 0.25) is 0 Å². The van der Waals surface area contributed by atoms with Gasteiger partial charge in [0, 0.05) is 11.8 Å². The highest BCUT2D eigenvalue weighted by Crippen LogP contribution is 2.29. The highest BCUT2D eigenvalue weighted by atomic mass is 32.2. The standard InChI is InChI=1S/C33H41NO9S/c1-22-11-14-26(44(38,39)34-32(37)33(2,3)4)21-27(22)31(36)43-18-8-17-42-25-10-7-9-24(20-25)28(35)15-12-23-13-16-29(40-5)30(19-23)41-6/h7,9-11,13-14,16,19-21,28,35H,8,12,15,17-18H2,1-6H3,(H,34,37)/t28-/m1/s1. The number of aryl methyl sites for hydroxylation is 2. The number of benzene rings is 3. The molecule has 1 amide bonds. The van der Waals surface area contributed by atoms with Crippen LogP contribution in [0.4, 0.5) is 0 Å². The Kier molecular flexibility index (Phi) is 11.8. The largest absolute Gasteiger partial charge is 0.493 e. The molecular formula is C33H41NO9S. The number of aliphatic hydroxyl groups excluding tert-OH is 1. The fourth-order valence-electron chi connectivity index (χ4n) is 4.13. The molecule has 3 aromatic rings. The fraction of sp³-hybridized carbons (Fsp3) is 0.394. The van der Waals surface area contributed by atoms with Crippen LogP contribution in [0, 0.1) is 12.3 Å². The summed E-state index contributed by atoms with van der Waals surface area (Å²) in [7, 11) is -0.999. The number of carbonyl (C=O) groups excluding carboxylic acids is 2. The van der Waals surface area contributed by atoms with E-state index in [1.807, 2.05) is 29.0 Å². The molecule has 44 heavy (non-hydrogen) atoms. The molecule has 0 aliphatic carbocycles. The van der Waals surface area contributed by atoms with Gasteiger partial charge in [-0.3, -0.25) is 4.79 Å². The minimum Gasteiger partial charge on any atom is -0.493 e. The molecule has 0 bridgehead atoms. The van der Waals surface area contributed by atoms with Crippen LogP contribution in [0.5, 0.6) is 17.2 Å². The van der Waals surface area contributed by atoms with Crippen LogP contribution in [-0.4, -0.2) is 52.8 Å². The summed E-state index contributed by atoms with van der Waals surface area (Å²) >= 11 is 0. The summed E-state index contributed by atoms with van der Waals surface area (Å²) in [5.41, 5.74) is 1.45. The average Bonchev–Trinajstić information content (AvgIpc) is 2.98. The summed E-state index contributed by atoms with van der Waals surface area (Å²) in [6.45, 7) is 6.77. The third-order valence-corrected chi connectivity index (χ3v) is 8.16. The van der Waals surface area contributed by atoms with E-state index in [-0.39, 0.29) is 23.7 Å². The average molecular weight is 628 g/mol. The second-order valence-electron chi connectivity index (χ2n) is 11.3. The van der Waals surface area contributed by atoms with Crippen LogP contribution in [0.25, 0.3) is 0 Å². The molecule has 0 saturated carbocycles. The van der Waals surface area contributed by atoms with E-state index in [9.17, 15) is 23.1 Å². The molecule has 0 aliphatic rings. The molecule has 0 radical (unpaired) electrons. The quantitative estimate of drug-likeness (QED) is 0.183. The normalized spacial score (nSPS) is 12.2. The number of hydrogen-bond donors (Lipinski definition) is 2. The molecule has 10 nitrogen and oxygen atoms in total. The van der Waals surface area contributed by atoms with E-state index < -0.39 is 33.4 Å². The van der Waals surface area contributed by atoms with Crippen molar-refractivity contribution in [3.8, 4) is 17.2 Å². The van der Waals surface area contributed by atoms with E-state index in [4.69, 9.17) is 18.9 Å². The molecule has 0 saturated heterocycles. The Bertz CT molecular complexity index is 1560. The predicted molar refractivity (Wildman–Crippen MR) is 166 cm³/mol. The number of methoxy groups -OCH3 is 2. The summed E-state index contributed by atoms with van der Waals surface area (Å²) in [5.74, 6) is 0.525. The Labute approximate surface area is 259 Å². The predicted octanol–water partition coefficient (Wildman–Crippen LogP) is 5.16. The van der Waals surface area contributed by atoms with Crippen molar-refractivity contribution >= 4 is 21.9 Å². The maximum absolute atomic E-state index is 12.7. The molecule has 0 heterocycles. The Morgan fingerprint density at radius 1 is 0.932 bits per heavy atom. The van der Waals surface area contributed by atoms with Gasteiger partial charge in [0.25, 0.3) is 10.0 Å². The van der Waals surface area contributed by atoms with E-state index in [0.717, 1.165) is 11.1 Å². The minimum atomic E-state index is -4.16. The molecule has 3 aromatic carbocycles. The van der Waals surface area contributed by atoms with Crippen molar-refractivity contribution in [2.75, 3.05) is 27.4 Å². The van der Waals surface area contributed by atoms with E-state index >= 15 is 0 Å². The van der Waals surface area contributed by atoms with Crippen molar-refractivity contribution in [3.63, 3.8) is 0 Å². The van der Waals surface area contributed by atoms with Gasteiger partial charge in [0.1, 0.15) is 5.75 Å². The van der Waals surface area contributed by atoms with Crippen LogP contribution >= 0.6 is 0 Å². The topological polar surface area (TPSA) is 137 Å². The minimum absolute atomic E-state index is 0.0453. The Morgan fingerprint density at radius 2 is 1.66 bits per heavy atom. The molecule has 1 atom stereocenters. The molecule has 0 spiro atoms. The summed E-state index contributed by atoms with van der Waals surface area (Å²) < 4.78 is 49.2. The molecule has 0 fully saturated rings. The highest BCUT2D eigenvalue weighted by Gasteiger charge is 2.28. The van der Waals surface area contributed by atoms with Crippen LogP contribution in [0.15, 0.2) is 65.6 Å². The lowest BCUT2D eigenvalue weighted by Gasteiger charge is -2.18. The molecule has 238 valence electrons. The van der Waals surface area contributed by atoms with Crippen molar-refractivity contribution in [1.82, 2.24) is 4.72 Å². The molecular weight excluding hydrogens is 586 g/mol. The first-order chi connectivity index (χ1) is 20.7. The number of sulfonamides is 1. The summed E-state index contributed by atoms with van der Waals surface area (Å²) in [4.78, 5) is 24.7. The van der Waals surface area contributed by atoms with Crippen LogP contribution in [0.3, 0.4) is 0 Å². The summed E-state index contributed by atoms with van der Waals surface area (Å²) in [6.07, 6.45) is 0.825. The zero-order chi connectivity index (χ0) is 32.5. The van der Waals surface area contributed by atoms with Gasteiger partial charge >= 0.3 is 5.97 Å². The molecule has 0 unspecified atom stereocenters. The molecule has 0 aromatic heterocycles. The van der Waals surface area contributed by atoms with Gasteiger partial charge in [0.2, 0.25) is 5.91 Å². The number of esters is 1. The molecule has 11 heteroatoms. The Morgan fingerprint density at radius 3 is 2.34 bits per heavy atom. The van der Waals surface area contributed by atoms with Crippen LogP contribution in [-0.2, 0) is 26.0 Å². The van der Waals surface area contributed by atoms with Crippen LogP contribution < -0.4 is 18.9 Å². The maximum Gasteiger partial charge on any atom is 0.338 e. The number of carbonyl (C=O) groups is 2. The smallest absolute Gasteiger partial charge is 0.338 e. The first kappa shape index (κ1) is 34.4. The number of rotatable bonds is 14. The van der Waals surface area contributed by atoms with E-state index in [2.05, 4.69) is 0 Å². The van der Waals surface area contributed by atoms with E-state index in [0.29, 0.717) is 42.1 Å². The van der Waals surface area contributed by atoms with Gasteiger partial charge in [0.05, 0.1) is 44.0 Å². The first-order valence-corrected chi connectivity index (χ1v) is 15.7. The third kappa shape index (κ3) is 9.45. The van der Waals surface area contributed by atoms with Crippen molar-refractivity contribution in [1.29, 1.82) is 0 Å².